The topological polar surface area (TPSA) is 65.0 Å². The highest BCUT2D eigenvalue weighted by Crippen LogP contribution is 2.30. The zero-order chi connectivity index (χ0) is 14.5. The number of methoxy groups -OCH3 is 1. The SMILES string of the molecule is COc1ccc(OC(=O)Oc2ccccc2C)cc1O. The van der Waals surface area contributed by atoms with Gasteiger partial charge in [-0.25, -0.2) is 4.79 Å². The third kappa shape index (κ3) is 3.20. The van der Waals surface area contributed by atoms with Crippen LogP contribution < -0.4 is 14.2 Å². The van der Waals surface area contributed by atoms with Gasteiger partial charge in [-0.05, 0) is 30.7 Å². The van der Waals surface area contributed by atoms with Crippen LogP contribution in [0.1, 0.15) is 5.56 Å². The van der Waals surface area contributed by atoms with Crippen molar-refractivity contribution in [2.75, 3.05) is 7.11 Å². The van der Waals surface area contributed by atoms with Crippen LogP contribution in [0.15, 0.2) is 42.5 Å². The van der Waals surface area contributed by atoms with E-state index in [-0.39, 0.29) is 11.5 Å². The van der Waals surface area contributed by atoms with Crippen LogP contribution >= 0.6 is 0 Å². The highest BCUT2D eigenvalue weighted by molar-refractivity contribution is 5.68. The van der Waals surface area contributed by atoms with Crippen molar-refractivity contribution in [3.63, 3.8) is 0 Å². The normalized spacial score (nSPS) is 9.90. The number of aromatic hydroxyl groups is 1. The van der Waals surface area contributed by atoms with Crippen molar-refractivity contribution in [1.82, 2.24) is 0 Å². The van der Waals surface area contributed by atoms with Crippen molar-refractivity contribution >= 4 is 6.16 Å². The van der Waals surface area contributed by atoms with E-state index in [9.17, 15) is 9.90 Å². The van der Waals surface area contributed by atoms with E-state index in [1.165, 1.54) is 25.3 Å². The van der Waals surface area contributed by atoms with E-state index >= 15 is 0 Å². The Morgan fingerprint density at radius 2 is 1.80 bits per heavy atom. The van der Waals surface area contributed by atoms with Crippen molar-refractivity contribution < 1.29 is 24.1 Å². The second-order valence-electron chi connectivity index (χ2n) is 4.05. The van der Waals surface area contributed by atoms with Gasteiger partial charge < -0.3 is 19.3 Å². The van der Waals surface area contributed by atoms with Crippen LogP contribution in [0.4, 0.5) is 4.79 Å². The molecule has 20 heavy (non-hydrogen) atoms. The fourth-order valence-electron chi connectivity index (χ4n) is 1.61. The van der Waals surface area contributed by atoms with E-state index in [0.29, 0.717) is 11.5 Å². The summed E-state index contributed by atoms with van der Waals surface area (Å²) in [6.45, 7) is 1.82. The van der Waals surface area contributed by atoms with Gasteiger partial charge in [-0.3, -0.25) is 0 Å². The maximum atomic E-state index is 11.6. The van der Waals surface area contributed by atoms with Gasteiger partial charge in [0.2, 0.25) is 0 Å². The molecule has 0 saturated carbocycles. The van der Waals surface area contributed by atoms with Crippen LogP contribution in [-0.2, 0) is 0 Å². The Morgan fingerprint density at radius 1 is 1.05 bits per heavy atom. The molecule has 0 atom stereocenters. The van der Waals surface area contributed by atoms with Gasteiger partial charge in [0.05, 0.1) is 7.11 Å². The Bertz CT molecular complexity index is 621. The molecule has 5 nitrogen and oxygen atoms in total. The smallest absolute Gasteiger partial charge is 0.504 e. The summed E-state index contributed by atoms with van der Waals surface area (Å²) in [7, 11) is 1.43. The number of hydrogen-bond acceptors (Lipinski definition) is 5. The Hall–Kier alpha value is -2.69. The highest BCUT2D eigenvalue weighted by Gasteiger charge is 2.11. The molecule has 0 aliphatic heterocycles. The molecule has 0 saturated heterocycles. The van der Waals surface area contributed by atoms with E-state index in [2.05, 4.69) is 0 Å². The summed E-state index contributed by atoms with van der Waals surface area (Å²) in [5.41, 5.74) is 0.821. The minimum atomic E-state index is -0.871. The first-order chi connectivity index (χ1) is 9.60. The average Bonchev–Trinajstić information content (AvgIpc) is 2.41. The molecule has 2 rings (SSSR count). The molecule has 2 aromatic rings. The molecule has 0 aromatic heterocycles. The van der Waals surface area contributed by atoms with Crippen LogP contribution in [0.5, 0.6) is 23.0 Å². The lowest BCUT2D eigenvalue weighted by Gasteiger charge is -2.08. The molecule has 0 bridgehead atoms. The van der Waals surface area contributed by atoms with Gasteiger partial charge in [-0.1, -0.05) is 18.2 Å². The van der Waals surface area contributed by atoms with Crippen molar-refractivity contribution in [2.24, 2.45) is 0 Å². The fourth-order valence-corrected chi connectivity index (χ4v) is 1.61. The summed E-state index contributed by atoms with van der Waals surface area (Å²) in [5, 5.41) is 9.58. The van der Waals surface area contributed by atoms with Crippen LogP contribution in [0, 0.1) is 6.92 Å². The molecule has 104 valence electrons. The van der Waals surface area contributed by atoms with Gasteiger partial charge >= 0.3 is 6.16 Å². The lowest BCUT2D eigenvalue weighted by atomic mass is 10.2. The van der Waals surface area contributed by atoms with Crippen molar-refractivity contribution in [3.05, 3.63) is 48.0 Å². The minimum Gasteiger partial charge on any atom is -0.504 e. The summed E-state index contributed by atoms with van der Waals surface area (Å²) in [5.74, 6) is 0.774. The van der Waals surface area contributed by atoms with E-state index in [4.69, 9.17) is 14.2 Å². The summed E-state index contributed by atoms with van der Waals surface area (Å²) in [6.07, 6.45) is -0.871. The van der Waals surface area contributed by atoms with E-state index < -0.39 is 6.16 Å². The molecule has 0 radical (unpaired) electrons. The number of carbonyl (C=O) groups is 1. The Morgan fingerprint density at radius 3 is 2.45 bits per heavy atom. The predicted molar refractivity (Wildman–Crippen MR) is 72.5 cm³/mol. The van der Waals surface area contributed by atoms with Crippen molar-refractivity contribution in [1.29, 1.82) is 0 Å². The Kier molecular flexibility index (Phi) is 4.10. The summed E-state index contributed by atoms with van der Waals surface area (Å²) >= 11 is 0. The number of rotatable bonds is 3. The molecule has 0 aliphatic rings. The largest absolute Gasteiger partial charge is 0.519 e. The zero-order valence-electron chi connectivity index (χ0n) is 11.1. The van der Waals surface area contributed by atoms with Gasteiger partial charge in [0.1, 0.15) is 11.5 Å². The van der Waals surface area contributed by atoms with Crippen molar-refractivity contribution in [2.45, 2.75) is 6.92 Å². The number of carbonyl (C=O) groups excluding carboxylic acids is 1. The van der Waals surface area contributed by atoms with Gasteiger partial charge in [0.15, 0.2) is 11.5 Å². The van der Waals surface area contributed by atoms with E-state index in [1.54, 1.807) is 12.1 Å². The Balaban J connectivity index is 2.05. The molecule has 5 heteroatoms. The number of aryl methyl sites for hydroxylation is 1. The lowest BCUT2D eigenvalue weighted by Crippen LogP contribution is -2.14. The number of phenols is 1. The van der Waals surface area contributed by atoms with Crippen molar-refractivity contribution in [3.8, 4) is 23.0 Å². The van der Waals surface area contributed by atoms with E-state index in [0.717, 1.165) is 5.56 Å². The molecule has 0 heterocycles. The third-order valence-corrected chi connectivity index (χ3v) is 2.64. The van der Waals surface area contributed by atoms with Crippen LogP contribution in [0.3, 0.4) is 0 Å². The van der Waals surface area contributed by atoms with E-state index in [1.807, 2.05) is 19.1 Å². The second-order valence-corrected chi connectivity index (χ2v) is 4.05. The first-order valence-corrected chi connectivity index (χ1v) is 5.92. The minimum absolute atomic E-state index is 0.117. The number of ether oxygens (including phenoxy) is 3. The maximum Gasteiger partial charge on any atom is 0.519 e. The predicted octanol–water partition coefficient (Wildman–Crippen LogP) is 3.29. The monoisotopic (exact) mass is 274 g/mol. The molecule has 0 aliphatic carbocycles. The summed E-state index contributed by atoms with van der Waals surface area (Å²) in [6, 6.07) is 11.4. The third-order valence-electron chi connectivity index (χ3n) is 2.64. The molecular formula is C15H14O5. The van der Waals surface area contributed by atoms with Gasteiger partial charge in [0, 0.05) is 6.07 Å². The van der Waals surface area contributed by atoms with Crippen LogP contribution in [0.25, 0.3) is 0 Å². The Labute approximate surface area is 116 Å². The highest BCUT2D eigenvalue weighted by atomic mass is 16.7. The maximum absolute atomic E-state index is 11.6. The van der Waals surface area contributed by atoms with Gasteiger partial charge in [-0.2, -0.15) is 0 Å². The molecule has 1 N–H and O–H groups in total. The number of para-hydroxylation sites is 1. The molecule has 2 aromatic carbocycles. The number of benzene rings is 2. The first-order valence-electron chi connectivity index (χ1n) is 5.92. The molecular weight excluding hydrogens is 260 g/mol. The lowest BCUT2D eigenvalue weighted by molar-refractivity contribution is 0.151. The average molecular weight is 274 g/mol. The molecule has 0 amide bonds. The first kappa shape index (κ1) is 13.7. The van der Waals surface area contributed by atoms with Crippen LogP contribution in [0.2, 0.25) is 0 Å². The quantitative estimate of drug-likeness (QED) is 0.687. The number of hydrogen-bond donors (Lipinski definition) is 1. The van der Waals surface area contributed by atoms with Crippen LogP contribution in [-0.4, -0.2) is 18.4 Å². The molecule has 0 fully saturated rings. The second kappa shape index (κ2) is 5.97. The van der Waals surface area contributed by atoms with Gasteiger partial charge in [0.25, 0.3) is 0 Å². The number of phenolic OH excluding ortho intramolecular Hbond substituents is 1. The molecule has 0 spiro atoms. The summed E-state index contributed by atoms with van der Waals surface area (Å²) in [4.78, 5) is 11.6. The zero-order valence-corrected chi connectivity index (χ0v) is 11.1. The summed E-state index contributed by atoms with van der Waals surface area (Å²) < 4.78 is 14.9. The van der Waals surface area contributed by atoms with Gasteiger partial charge in [-0.15, -0.1) is 0 Å². The standard InChI is InChI=1S/C15H14O5/c1-10-5-3-4-6-13(10)20-15(17)19-11-7-8-14(18-2)12(16)9-11/h3-9,16H,1-2H3. The fraction of sp³-hybridized carbons (Fsp3) is 0.133. The molecule has 0 unspecified atom stereocenters.